The second-order valence-electron chi connectivity index (χ2n) is 6.62. The number of ether oxygens (including phenoxy) is 1. The lowest BCUT2D eigenvalue weighted by Gasteiger charge is -2.20. The van der Waals surface area contributed by atoms with E-state index in [-0.39, 0.29) is 6.04 Å². The van der Waals surface area contributed by atoms with Gasteiger partial charge in [-0.2, -0.15) is 0 Å². The number of aliphatic hydroxyl groups is 1. The number of rotatable bonds is 7. The standard InChI is InChI=1S/C20H27N3O2/c1-14-3-5-15(6-4-14)19(24)13-21-11-17-12-22-23-20(17)16-7-9-18(25-2)10-8-16/h3-10,17,19-24H,11-13H2,1-2H3. The van der Waals surface area contributed by atoms with Crippen molar-refractivity contribution in [2.75, 3.05) is 26.7 Å². The van der Waals surface area contributed by atoms with Gasteiger partial charge in [0.1, 0.15) is 5.75 Å². The summed E-state index contributed by atoms with van der Waals surface area (Å²) in [7, 11) is 1.68. The molecule has 5 nitrogen and oxygen atoms in total. The molecule has 1 saturated heterocycles. The van der Waals surface area contributed by atoms with E-state index in [9.17, 15) is 5.11 Å². The number of methoxy groups -OCH3 is 1. The molecule has 1 fully saturated rings. The van der Waals surface area contributed by atoms with E-state index >= 15 is 0 Å². The van der Waals surface area contributed by atoms with Crippen LogP contribution in [0.15, 0.2) is 48.5 Å². The Morgan fingerprint density at radius 1 is 1.16 bits per heavy atom. The van der Waals surface area contributed by atoms with Crippen molar-refractivity contribution in [3.63, 3.8) is 0 Å². The zero-order valence-electron chi connectivity index (χ0n) is 14.8. The summed E-state index contributed by atoms with van der Waals surface area (Å²) in [4.78, 5) is 0. The first-order chi connectivity index (χ1) is 12.2. The molecule has 0 amide bonds. The van der Waals surface area contributed by atoms with Crippen LogP contribution in [0.5, 0.6) is 5.75 Å². The number of hydrogen-bond acceptors (Lipinski definition) is 5. The van der Waals surface area contributed by atoms with E-state index in [0.717, 1.165) is 24.4 Å². The second-order valence-corrected chi connectivity index (χ2v) is 6.62. The third-order valence-electron chi connectivity index (χ3n) is 4.77. The third-order valence-corrected chi connectivity index (χ3v) is 4.77. The Kier molecular flexibility index (Phi) is 6.04. The van der Waals surface area contributed by atoms with Gasteiger partial charge < -0.3 is 15.2 Å². The highest BCUT2D eigenvalue weighted by Crippen LogP contribution is 2.26. The van der Waals surface area contributed by atoms with E-state index in [4.69, 9.17) is 4.74 Å². The van der Waals surface area contributed by atoms with Gasteiger partial charge in [0.25, 0.3) is 0 Å². The van der Waals surface area contributed by atoms with Crippen molar-refractivity contribution >= 4 is 0 Å². The molecule has 0 spiro atoms. The SMILES string of the molecule is COc1ccc(C2NNCC2CNCC(O)c2ccc(C)cc2)cc1. The maximum absolute atomic E-state index is 10.3. The number of benzene rings is 2. The van der Waals surface area contributed by atoms with Gasteiger partial charge in [0.05, 0.1) is 19.3 Å². The minimum atomic E-state index is -0.484. The second kappa shape index (κ2) is 8.45. The molecule has 3 unspecified atom stereocenters. The predicted octanol–water partition coefficient (Wildman–Crippen LogP) is 2.09. The molecular formula is C20H27N3O2. The molecule has 0 radical (unpaired) electrons. The number of hydrazine groups is 1. The fourth-order valence-corrected chi connectivity index (χ4v) is 3.20. The highest BCUT2D eigenvalue weighted by Gasteiger charge is 2.28. The van der Waals surface area contributed by atoms with Crippen molar-refractivity contribution in [3.05, 3.63) is 65.2 Å². The van der Waals surface area contributed by atoms with Crippen LogP contribution < -0.4 is 20.9 Å². The summed E-state index contributed by atoms with van der Waals surface area (Å²) in [6.07, 6.45) is -0.484. The first kappa shape index (κ1) is 17.9. The van der Waals surface area contributed by atoms with Crippen LogP contribution in [0.4, 0.5) is 0 Å². The van der Waals surface area contributed by atoms with Gasteiger partial charge in [0.15, 0.2) is 0 Å². The van der Waals surface area contributed by atoms with Crippen LogP contribution >= 0.6 is 0 Å². The predicted molar refractivity (Wildman–Crippen MR) is 99.4 cm³/mol. The molecule has 25 heavy (non-hydrogen) atoms. The smallest absolute Gasteiger partial charge is 0.118 e. The van der Waals surface area contributed by atoms with Crippen LogP contribution in [0.2, 0.25) is 0 Å². The number of nitrogens with one attached hydrogen (secondary N) is 3. The minimum Gasteiger partial charge on any atom is -0.497 e. The molecule has 0 saturated carbocycles. The van der Waals surface area contributed by atoms with Crippen LogP contribution in [0, 0.1) is 12.8 Å². The van der Waals surface area contributed by atoms with E-state index in [1.54, 1.807) is 7.11 Å². The zero-order valence-corrected chi connectivity index (χ0v) is 14.8. The van der Waals surface area contributed by atoms with Gasteiger partial charge in [-0.15, -0.1) is 0 Å². The van der Waals surface area contributed by atoms with E-state index in [0.29, 0.717) is 12.5 Å². The quantitative estimate of drug-likeness (QED) is 0.621. The van der Waals surface area contributed by atoms with Crippen molar-refractivity contribution in [1.82, 2.24) is 16.2 Å². The molecule has 134 valence electrons. The molecule has 0 aromatic heterocycles. The largest absolute Gasteiger partial charge is 0.497 e. The monoisotopic (exact) mass is 341 g/mol. The summed E-state index contributed by atoms with van der Waals surface area (Å²) < 4.78 is 5.22. The molecular weight excluding hydrogens is 314 g/mol. The first-order valence-electron chi connectivity index (χ1n) is 8.75. The van der Waals surface area contributed by atoms with Crippen LogP contribution in [0.25, 0.3) is 0 Å². The fourth-order valence-electron chi connectivity index (χ4n) is 3.20. The van der Waals surface area contributed by atoms with E-state index in [1.165, 1.54) is 11.1 Å². The molecule has 0 bridgehead atoms. The average molecular weight is 341 g/mol. The Morgan fingerprint density at radius 2 is 1.88 bits per heavy atom. The van der Waals surface area contributed by atoms with Crippen molar-refractivity contribution in [1.29, 1.82) is 0 Å². The number of hydrogen-bond donors (Lipinski definition) is 4. The average Bonchev–Trinajstić information content (AvgIpc) is 3.11. The molecule has 1 aliphatic heterocycles. The number of aliphatic hydroxyl groups excluding tert-OH is 1. The maximum atomic E-state index is 10.3. The maximum Gasteiger partial charge on any atom is 0.118 e. The zero-order chi connectivity index (χ0) is 17.6. The third kappa shape index (κ3) is 4.58. The Hall–Kier alpha value is -1.92. The molecule has 5 heteroatoms. The van der Waals surface area contributed by atoms with E-state index in [1.807, 2.05) is 43.3 Å². The Bertz CT molecular complexity index is 658. The van der Waals surface area contributed by atoms with Gasteiger partial charge in [-0.3, -0.25) is 5.43 Å². The topological polar surface area (TPSA) is 65.5 Å². The molecule has 2 aromatic rings. The van der Waals surface area contributed by atoms with Crippen molar-refractivity contribution in [3.8, 4) is 5.75 Å². The lowest BCUT2D eigenvalue weighted by Crippen LogP contribution is -2.31. The Morgan fingerprint density at radius 3 is 2.56 bits per heavy atom. The normalized spacial score (nSPS) is 21.2. The molecule has 3 rings (SSSR count). The molecule has 2 aromatic carbocycles. The highest BCUT2D eigenvalue weighted by atomic mass is 16.5. The summed E-state index contributed by atoms with van der Waals surface area (Å²) >= 11 is 0. The highest BCUT2D eigenvalue weighted by molar-refractivity contribution is 5.30. The van der Waals surface area contributed by atoms with Gasteiger partial charge in [-0.25, -0.2) is 5.43 Å². The van der Waals surface area contributed by atoms with Crippen molar-refractivity contribution < 1.29 is 9.84 Å². The first-order valence-corrected chi connectivity index (χ1v) is 8.75. The minimum absolute atomic E-state index is 0.245. The van der Waals surface area contributed by atoms with Gasteiger partial charge in [0, 0.05) is 25.6 Å². The Balaban J connectivity index is 1.52. The summed E-state index contributed by atoms with van der Waals surface area (Å²) in [5.74, 6) is 1.28. The Labute approximate surface area is 149 Å². The van der Waals surface area contributed by atoms with Gasteiger partial charge in [-0.05, 0) is 30.2 Å². The summed E-state index contributed by atoms with van der Waals surface area (Å²) in [6.45, 7) is 4.33. The van der Waals surface area contributed by atoms with Crippen LogP contribution in [-0.2, 0) is 0 Å². The van der Waals surface area contributed by atoms with Crippen LogP contribution in [-0.4, -0.2) is 31.9 Å². The van der Waals surface area contributed by atoms with Crippen LogP contribution in [0.1, 0.15) is 28.8 Å². The van der Waals surface area contributed by atoms with Gasteiger partial charge in [-0.1, -0.05) is 42.0 Å². The summed E-state index contributed by atoms with van der Waals surface area (Å²) in [5.41, 5.74) is 9.97. The van der Waals surface area contributed by atoms with Gasteiger partial charge >= 0.3 is 0 Å². The fraction of sp³-hybridized carbons (Fsp3) is 0.400. The molecule has 1 aliphatic rings. The molecule has 1 heterocycles. The molecule has 0 aliphatic carbocycles. The van der Waals surface area contributed by atoms with Crippen molar-refractivity contribution in [2.24, 2.45) is 5.92 Å². The molecule has 3 atom stereocenters. The lowest BCUT2D eigenvalue weighted by atomic mass is 9.94. The van der Waals surface area contributed by atoms with E-state index < -0.39 is 6.10 Å². The van der Waals surface area contributed by atoms with Crippen molar-refractivity contribution in [2.45, 2.75) is 19.1 Å². The van der Waals surface area contributed by atoms with Gasteiger partial charge in [0.2, 0.25) is 0 Å². The van der Waals surface area contributed by atoms with Crippen LogP contribution in [0.3, 0.4) is 0 Å². The number of aryl methyl sites for hydroxylation is 1. The summed E-state index contributed by atoms with van der Waals surface area (Å²) in [5, 5.41) is 13.7. The lowest BCUT2D eigenvalue weighted by molar-refractivity contribution is 0.172. The van der Waals surface area contributed by atoms with E-state index in [2.05, 4.69) is 28.3 Å². The molecule has 4 N–H and O–H groups in total. The summed E-state index contributed by atoms with van der Waals surface area (Å²) in [6, 6.07) is 16.4.